The third-order valence-electron chi connectivity index (χ3n) is 2.59. The van der Waals surface area contributed by atoms with E-state index in [1.54, 1.807) is 0 Å². The molecule has 0 radical (unpaired) electrons. The molecule has 17 heavy (non-hydrogen) atoms. The topological polar surface area (TPSA) is 45.4 Å². The van der Waals surface area contributed by atoms with Gasteiger partial charge < -0.3 is 14.8 Å². The molecule has 0 aliphatic rings. The first-order valence-electron chi connectivity index (χ1n) is 6.37. The summed E-state index contributed by atoms with van der Waals surface area (Å²) in [4.78, 5) is 0. The molecule has 0 aromatic carbocycles. The van der Waals surface area contributed by atoms with Crippen LogP contribution in [0.5, 0.6) is 0 Å². The molecule has 0 aliphatic heterocycles. The Kier molecular flexibility index (Phi) is 5.22. The zero-order chi connectivity index (χ0) is 12.9. The van der Waals surface area contributed by atoms with Gasteiger partial charge in [-0.2, -0.15) is 0 Å². The van der Waals surface area contributed by atoms with E-state index in [1.807, 2.05) is 12.1 Å². The van der Waals surface area contributed by atoms with E-state index in [2.05, 4.69) is 33.0 Å². The average Bonchev–Trinajstić information content (AvgIpc) is 2.63. The summed E-state index contributed by atoms with van der Waals surface area (Å²) in [5.74, 6) is 1.95. The fourth-order valence-corrected chi connectivity index (χ4v) is 1.85. The molecule has 0 aliphatic carbocycles. The second kappa shape index (κ2) is 6.22. The van der Waals surface area contributed by atoms with Crippen LogP contribution in [0.2, 0.25) is 0 Å². The van der Waals surface area contributed by atoms with Crippen molar-refractivity contribution < 1.29 is 9.52 Å². The van der Waals surface area contributed by atoms with E-state index in [1.165, 1.54) is 0 Å². The second-order valence-corrected chi connectivity index (χ2v) is 5.77. The van der Waals surface area contributed by atoms with Gasteiger partial charge in [-0.15, -0.1) is 0 Å². The normalized spacial score (nSPS) is 13.9. The molecule has 1 atom stereocenters. The fraction of sp³-hybridized carbons (Fsp3) is 0.714. The first-order valence-corrected chi connectivity index (χ1v) is 6.37. The summed E-state index contributed by atoms with van der Waals surface area (Å²) in [7, 11) is 0. The van der Waals surface area contributed by atoms with E-state index in [4.69, 9.17) is 4.42 Å². The molecule has 0 saturated heterocycles. The third-order valence-corrected chi connectivity index (χ3v) is 2.59. The van der Waals surface area contributed by atoms with Gasteiger partial charge in [0.1, 0.15) is 11.5 Å². The monoisotopic (exact) mass is 239 g/mol. The Balaban J connectivity index is 2.23. The van der Waals surface area contributed by atoms with Gasteiger partial charge in [0.25, 0.3) is 0 Å². The van der Waals surface area contributed by atoms with Gasteiger partial charge in [0.2, 0.25) is 0 Å². The molecule has 1 unspecified atom stereocenters. The predicted molar refractivity (Wildman–Crippen MR) is 69.9 cm³/mol. The highest BCUT2D eigenvalue weighted by Crippen LogP contribution is 2.20. The van der Waals surface area contributed by atoms with E-state index in [-0.39, 0.29) is 11.5 Å². The minimum atomic E-state index is -0.296. The van der Waals surface area contributed by atoms with Crippen LogP contribution in [0.4, 0.5) is 0 Å². The molecular formula is C14H25NO2. The van der Waals surface area contributed by atoms with Crippen LogP contribution < -0.4 is 5.32 Å². The Morgan fingerprint density at radius 1 is 1.29 bits per heavy atom. The molecule has 0 amide bonds. The third kappa shape index (κ3) is 5.89. The lowest BCUT2D eigenvalue weighted by atomic mass is 9.89. The molecule has 1 aromatic heterocycles. The summed E-state index contributed by atoms with van der Waals surface area (Å²) in [6.45, 7) is 9.77. The Morgan fingerprint density at radius 2 is 1.94 bits per heavy atom. The minimum Gasteiger partial charge on any atom is -0.465 e. The van der Waals surface area contributed by atoms with Gasteiger partial charge in [-0.05, 0) is 24.0 Å². The van der Waals surface area contributed by atoms with Crippen molar-refractivity contribution in [3.05, 3.63) is 23.7 Å². The van der Waals surface area contributed by atoms with Crippen molar-refractivity contribution in [1.29, 1.82) is 0 Å². The van der Waals surface area contributed by atoms with Gasteiger partial charge in [0.15, 0.2) is 0 Å². The number of rotatable bonds is 6. The van der Waals surface area contributed by atoms with Crippen molar-refractivity contribution in [2.45, 2.75) is 53.2 Å². The molecule has 3 nitrogen and oxygen atoms in total. The van der Waals surface area contributed by atoms with Crippen LogP contribution in [0.3, 0.4) is 0 Å². The van der Waals surface area contributed by atoms with E-state index < -0.39 is 0 Å². The Labute approximate surface area is 104 Å². The second-order valence-electron chi connectivity index (χ2n) is 5.77. The van der Waals surface area contributed by atoms with Crippen LogP contribution in [0, 0.1) is 5.41 Å². The SMILES string of the molecule is CCc1ccc(CNCC(O)CC(C)(C)C)o1. The number of aliphatic hydroxyl groups is 1. The number of aliphatic hydroxyl groups excluding tert-OH is 1. The lowest BCUT2D eigenvalue weighted by Crippen LogP contribution is -2.29. The number of furan rings is 1. The molecule has 0 saturated carbocycles. The van der Waals surface area contributed by atoms with Gasteiger partial charge in [-0.1, -0.05) is 27.7 Å². The number of hydrogen-bond acceptors (Lipinski definition) is 3. The van der Waals surface area contributed by atoms with Gasteiger partial charge in [0.05, 0.1) is 12.6 Å². The average molecular weight is 239 g/mol. The molecule has 1 rings (SSSR count). The van der Waals surface area contributed by atoms with E-state index in [0.717, 1.165) is 24.4 Å². The van der Waals surface area contributed by atoms with Crippen molar-refractivity contribution in [3.63, 3.8) is 0 Å². The van der Waals surface area contributed by atoms with E-state index >= 15 is 0 Å². The Hall–Kier alpha value is -0.800. The van der Waals surface area contributed by atoms with Crippen molar-refractivity contribution >= 4 is 0 Å². The molecule has 2 N–H and O–H groups in total. The van der Waals surface area contributed by atoms with Crippen LogP contribution in [0.1, 0.15) is 45.6 Å². The quantitative estimate of drug-likeness (QED) is 0.802. The first kappa shape index (κ1) is 14.3. The highest BCUT2D eigenvalue weighted by molar-refractivity contribution is 5.06. The van der Waals surface area contributed by atoms with Crippen LogP contribution >= 0.6 is 0 Å². The maximum absolute atomic E-state index is 9.82. The summed E-state index contributed by atoms with van der Waals surface area (Å²) in [6, 6.07) is 3.99. The lowest BCUT2D eigenvalue weighted by molar-refractivity contribution is 0.119. The van der Waals surface area contributed by atoms with Crippen molar-refractivity contribution in [1.82, 2.24) is 5.32 Å². The smallest absolute Gasteiger partial charge is 0.117 e. The summed E-state index contributed by atoms with van der Waals surface area (Å²) in [5.41, 5.74) is 0.168. The van der Waals surface area contributed by atoms with Crippen LogP contribution in [-0.4, -0.2) is 17.8 Å². The predicted octanol–water partition coefficient (Wildman–Crippen LogP) is 2.73. The molecule has 0 fully saturated rings. The van der Waals surface area contributed by atoms with E-state index in [0.29, 0.717) is 13.1 Å². The number of hydrogen-bond donors (Lipinski definition) is 2. The first-order chi connectivity index (χ1) is 7.90. The highest BCUT2D eigenvalue weighted by atomic mass is 16.3. The molecule has 1 heterocycles. The highest BCUT2D eigenvalue weighted by Gasteiger charge is 2.16. The Morgan fingerprint density at radius 3 is 2.47 bits per heavy atom. The van der Waals surface area contributed by atoms with Gasteiger partial charge >= 0.3 is 0 Å². The summed E-state index contributed by atoms with van der Waals surface area (Å²) in [6.07, 6.45) is 1.43. The molecule has 98 valence electrons. The molecule has 1 aromatic rings. The largest absolute Gasteiger partial charge is 0.465 e. The maximum Gasteiger partial charge on any atom is 0.117 e. The van der Waals surface area contributed by atoms with Gasteiger partial charge in [0, 0.05) is 13.0 Å². The number of aryl methyl sites for hydroxylation is 1. The molecule has 0 spiro atoms. The van der Waals surface area contributed by atoms with Gasteiger partial charge in [-0.25, -0.2) is 0 Å². The summed E-state index contributed by atoms with van der Waals surface area (Å²) in [5, 5.41) is 13.0. The van der Waals surface area contributed by atoms with E-state index in [9.17, 15) is 5.11 Å². The van der Waals surface area contributed by atoms with Crippen molar-refractivity contribution in [3.8, 4) is 0 Å². The maximum atomic E-state index is 9.82. The Bertz CT molecular complexity index is 325. The summed E-state index contributed by atoms with van der Waals surface area (Å²) >= 11 is 0. The van der Waals surface area contributed by atoms with Crippen LogP contribution in [0.15, 0.2) is 16.5 Å². The lowest BCUT2D eigenvalue weighted by Gasteiger charge is -2.22. The molecule has 0 bridgehead atoms. The van der Waals surface area contributed by atoms with Crippen LogP contribution in [0.25, 0.3) is 0 Å². The van der Waals surface area contributed by atoms with Crippen LogP contribution in [-0.2, 0) is 13.0 Å². The standard InChI is InChI=1S/C14H25NO2/c1-5-12-6-7-13(17-12)10-15-9-11(16)8-14(2,3)4/h6-7,11,15-16H,5,8-10H2,1-4H3. The fourth-order valence-electron chi connectivity index (χ4n) is 1.85. The zero-order valence-corrected chi connectivity index (χ0v) is 11.4. The minimum absolute atomic E-state index is 0.168. The van der Waals surface area contributed by atoms with Crippen molar-refractivity contribution in [2.75, 3.05) is 6.54 Å². The molecular weight excluding hydrogens is 214 g/mol. The van der Waals surface area contributed by atoms with Crippen molar-refractivity contribution in [2.24, 2.45) is 5.41 Å². The zero-order valence-electron chi connectivity index (χ0n) is 11.4. The molecule has 3 heteroatoms. The number of nitrogens with one attached hydrogen (secondary N) is 1. The summed E-state index contributed by atoms with van der Waals surface area (Å²) < 4.78 is 5.57. The van der Waals surface area contributed by atoms with Gasteiger partial charge in [-0.3, -0.25) is 0 Å².